The minimum Gasteiger partial charge on any atom is -0.496 e. The van der Waals surface area contributed by atoms with Gasteiger partial charge >= 0.3 is 0 Å². The zero-order chi connectivity index (χ0) is 13.1. The number of hydrogen-bond acceptors (Lipinski definition) is 5. The van der Waals surface area contributed by atoms with Crippen LogP contribution in [0.1, 0.15) is 17.3 Å². The fraction of sp³-hybridized carbons (Fsp3) is 0.308. The molecule has 18 heavy (non-hydrogen) atoms. The van der Waals surface area contributed by atoms with Crippen molar-refractivity contribution < 1.29 is 9.84 Å². The molecule has 96 valence electrons. The van der Waals surface area contributed by atoms with Gasteiger partial charge < -0.3 is 15.6 Å². The summed E-state index contributed by atoms with van der Waals surface area (Å²) in [6.07, 6.45) is 0. The molecule has 0 radical (unpaired) electrons. The number of rotatable bonds is 4. The number of aromatic nitrogens is 1. The second-order valence-electron chi connectivity index (χ2n) is 4.07. The van der Waals surface area contributed by atoms with Crippen molar-refractivity contribution >= 4 is 11.3 Å². The number of hydrogen-bond donors (Lipinski definition) is 2. The maximum absolute atomic E-state index is 9.03. The van der Waals surface area contributed by atoms with Crippen LogP contribution in [0.25, 0.3) is 10.6 Å². The van der Waals surface area contributed by atoms with E-state index in [1.165, 1.54) is 11.3 Å². The van der Waals surface area contributed by atoms with E-state index in [1.54, 1.807) is 7.11 Å². The van der Waals surface area contributed by atoms with Crippen LogP contribution in [0.15, 0.2) is 23.6 Å². The Balaban J connectivity index is 2.42. The Morgan fingerprint density at radius 2 is 2.28 bits per heavy atom. The number of nitrogens with two attached hydrogens (primary N) is 1. The van der Waals surface area contributed by atoms with Crippen molar-refractivity contribution in [1.82, 2.24) is 4.98 Å². The highest BCUT2D eigenvalue weighted by Gasteiger charge is 2.13. The molecule has 2 aromatic rings. The van der Waals surface area contributed by atoms with Crippen molar-refractivity contribution in [2.45, 2.75) is 13.0 Å². The van der Waals surface area contributed by atoms with Crippen molar-refractivity contribution in [2.75, 3.05) is 13.7 Å². The molecule has 1 unspecified atom stereocenters. The van der Waals surface area contributed by atoms with Crippen molar-refractivity contribution in [2.24, 2.45) is 5.73 Å². The monoisotopic (exact) mass is 264 g/mol. The lowest BCUT2D eigenvalue weighted by molar-refractivity contribution is 0.266. The lowest BCUT2D eigenvalue weighted by Crippen LogP contribution is -2.14. The van der Waals surface area contributed by atoms with Gasteiger partial charge in [0.1, 0.15) is 10.8 Å². The number of aliphatic hydroxyl groups is 1. The van der Waals surface area contributed by atoms with Gasteiger partial charge in [0.05, 0.1) is 31.0 Å². The van der Waals surface area contributed by atoms with Crippen LogP contribution in [-0.2, 0) is 0 Å². The zero-order valence-corrected chi connectivity index (χ0v) is 11.2. The molecule has 1 heterocycles. The summed E-state index contributed by atoms with van der Waals surface area (Å²) in [6, 6.07) is 5.53. The molecule has 0 bridgehead atoms. The third-order valence-electron chi connectivity index (χ3n) is 2.68. The number of benzene rings is 1. The highest BCUT2D eigenvalue weighted by Crippen LogP contribution is 2.33. The van der Waals surface area contributed by atoms with Crippen LogP contribution in [0.2, 0.25) is 0 Å². The van der Waals surface area contributed by atoms with Crippen molar-refractivity contribution in [3.63, 3.8) is 0 Å². The van der Waals surface area contributed by atoms with Crippen LogP contribution in [0.4, 0.5) is 0 Å². The van der Waals surface area contributed by atoms with Crippen LogP contribution in [0, 0.1) is 6.92 Å². The number of aliphatic hydroxyl groups excluding tert-OH is 1. The van der Waals surface area contributed by atoms with Gasteiger partial charge in [-0.05, 0) is 19.1 Å². The SMILES string of the molecule is COc1ccc(C)cc1-c1nc(C(N)CO)cs1. The molecule has 2 rings (SSSR count). The third kappa shape index (κ3) is 2.53. The number of ether oxygens (including phenoxy) is 1. The maximum atomic E-state index is 9.03. The summed E-state index contributed by atoms with van der Waals surface area (Å²) in [7, 11) is 1.64. The fourth-order valence-electron chi connectivity index (χ4n) is 1.66. The average molecular weight is 264 g/mol. The second kappa shape index (κ2) is 5.48. The molecular weight excluding hydrogens is 248 g/mol. The Morgan fingerprint density at radius 3 is 2.94 bits per heavy atom. The molecular formula is C13H16N2O2S. The lowest BCUT2D eigenvalue weighted by atomic mass is 10.1. The first-order valence-corrected chi connectivity index (χ1v) is 6.50. The van der Waals surface area contributed by atoms with Crippen LogP contribution >= 0.6 is 11.3 Å². The molecule has 0 amide bonds. The van der Waals surface area contributed by atoms with Crippen LogP contribution in [0.5, 0.6) is 5.75 Å². The first-order chi connectivity index (χ1) is 8.65. The molecule has 5 heteroatoms. The Bertz CT molecular complexity index is 540. The number of aryl methyl sites for hydroxylation is 1. The predicted molar refractivity (Wildman–Crippen MR) is 72.9 cm³/mol. The van der Waals surface area contributed by atoms with Crippen molar-refractivity contribution in [1.29, 1.82) is 0 Å². The van der Waals surface area contributed by atoms with E-state index in [9.17, 15) is 0 Å². The Hall–Kier alpha value is -1.43. The predicted octanol–water partition coefficient (Wildman–Crippen LogP) is 2.12. The minimum atomic E-state index is -0.425. The highest BCUT2D eigenvalue weighted by molar-refractivity contribution is 7.13. The number of methoxy groups -OCH3 is 1. The molecule has 0 aliphatic rings. The molecule has 4 nitrogen and oxygen atoms in total. The molecule has 1 atom stereocenters. The van der Waals surface area contributed by atoms with Crippen molar-refractivity contribution in [3.8, 4) is 16.3 Å². The van der Waals surface area contributed by atoms with Gasteiger partial charge in [-0.15, -0.1) is 11.3 Å². The summed E-state index contributed by atoms with van der Waals surface area (Å²) >= 11 is 1.50. The lowest BCUT2D eigenvalue weighted by Gasteiger charge is -2.07. The minimum absolute atomic E-state index is 0.103. The Labute approximate surface area is 110 Å². The summed E-state index contributed by atoms with van der Waals surface area (Å²) in [4.78, 5) is 4.45. The summed E-state index contributed by atoms with van der Waals surface area (Å²) in [5.74, 6) is 0.791. The molecule has 0 aliphatic carbocycles. The normalized spacial score (nSPS) is 12.4. The standard InChI is InChI=1S/C13H16N2O2S/c1-8-3-4-12(17-2)9(5-8)13-15-11(7-18-13)10(14)6-16/h3-5,7,10,16H,6,14H2,1-2H3. The van der Waals surface area contributed by atoms with E-state index in [0.29, 0.717) is 5.69 Å². The molecule has 3 N–H and O–H groups in total. The number of nitrogens with zero attached hydrogens (tertiary/aromatic N) is 1. The topological polar surface area (TPSA) is 68.4 Å². The first-order valence-electron chi connectivity index (χ1n) is 5.62. The molecule has 0 aliphatic heterocycles. The van der Waals surface area contributed by atoms with E-state index in [1.807, 2.05) is 30.5 Å². The smallest absolute Gasteiger partial charge is 0.129 e. The molecule has 0 saturated carbocycles. The van der Waals surface area contributed by atoms with Gasteiger partial charge in [0.15, 0.2) is 0 Å². The molecule has 0 spiro atoms. The van der Waals surface area contributed by atoms with Gasteiger partial charge in [-0.1, -0.05) is 11.6 Å². The average Bonchev–Trinajstić information content (AvgIpc) is 2.87. The van der Waals surface area contributed by atoms with Gasteiger partial charge in [-0.25, -0.2) is 4.98 Å². The quantitative estimate of drug-likeness (QED) is 0.887. The maximum Gasteiger partial charge on any atom is 0.129 e. The van der Waals surface area contributed by atoms with Crippen LogP contribution in [-0.4, -0.2) is 23.8 Å². The van der Waals surface area contributed by atoms with Gasteiger partial charge in [0.25, 0.3) is 0 Å². The van der Waals surface area contributed by atoms with Gasteiger partial charge in [-0.2, -0.15) is 0 Å². The summed E-state index contributed by atoms with van der Waals surface area (Å²) in [5.41, 5.74) is 8.56. The van der Waals surface area contributed by atoms with Crippen LogP contribution in [0.3, 0.4) is 0 Å². The number of thiazole rings is 1. The fourth-order valence-corrected chi connectivity index (χ4v) is 2.57. The molecule has 0 fully saturated rings. The molecule has 1 aromatic carbocycles. The largest absolute Gasteiger partial charge is 0.496 e. The van der Waals surface area contributed by atoms with E-state index < -0.39 is 6.04 Å². The summed E-state index contributed by atoms with van der Waals surface area (Å²) in [6.45, 7) is 1.92. The Morgan fingerprint density at radius 1 is 1.50 bits per heavy atom. The second-order valence-corrected chi connectivity index (χ2v) is 4.93. The van der Waals surface area contributed by atoms with Gasteiger partial charge in [-0.3, -0.25) is 0 Å². The van der Waals surface area contributed by atoms with E-state index in [0.717, 1.165) is 21.9 Å². The van der Waals surface area contributed by atoms with Gasteiger partial charge in [0, 0.05) is 5.38 Å². The van der Waals surface area contributed by atoms with Crippen molar-refractivity contribution in [3.05, 3.63) is 34.8 Å². The summed E-state index contributed by atoms with van der Waals surface area (Å²) in [5, 5.41) is 11.8. The van der Waals surface area contributed by atoms with Gasteiger partial charge in [0.2, 0.25) is 0 Å². The Kier molecular flexibility index (Phi) is 3.96. The van der Waals surface area contributed by atoms with E-state index in [2.05, 4.69) is 4.98 Å². The molecule has 1 aromatic heterocycles. The van der Waals surface area contributed by atoms with E-state index >= 15 is 0 Å². The third-order valence-corrected chi connectivity index (χ3v) is 3.58. The zero-order valence-electron chi connectivity index (χ0n) is 10.4. The van der Waals surface area contributed by atoms with E-state index in [-0.39, 0.29) is 6.61 Å². The van der Waals surface area contributed by atoms with E-state index in [4.69, 9.17) is 15.6 Å². The molecule has 0 saturated heterocycles. The van der Waals surface area contributed by atoms with Crippen LogP contribution < -0.4 is 10.5 Å². The summed E-state index contributed by atoms with van der Waals surface area (Å²) < 4.78 is 5.34. The first kappa shape index (κ1) is 13.0. The highest BCUT2D eigenvalue weighted by atomic mass is 32.1.